The number of hydrogen-bond donors (Lipinski definition) is 1. The van der Waals surface area contributed by atoms with Crippen LogP contribution in [-0.4, -0.2) is 10.7 Å². The molecule has 0 fully saturated rings. The summed E-state index contributed by atoms with van der Waals surface area (Å²) in [5.41, 5.74) is 4.22. The highest BCUT2D eigenvalue weighted by Gasteiger charge is 2.41. The molecular formula is C29H23ClN2O4. The number of fused-ring (bicyclic) bond motifs is 4. The number of rotatable bonds is 3. The molecule has 4 aromatic rings. The Kier molecular flexibility index (Phi) is 5.05. The minimum Gasteiger partial charge on any atom is -0.459 e. The highest BCUT2D eigenvalue weighted by Crippen LogP contribution is 2.52. The number of furan rings is 1. The van der Waals surface area contributed by atoms with Crippen LogP contribution in [0.5, 0.6) is 0 Å². The van der Waals surface area contributed by atoms with Crippen LogP contribution in [0.3, 0.4) is 0 Å². The maximum Gasteiger partial charge on any atom is 0.287 e. The highest BCUT2D eigenvalue weighted by atomic mass is 35.5. The van der Waals surface area contributed by atoms with E-state index in [4.69, 9.17) is 16.0 Å². The molecule has 1 atom stereocenters. The van der Waals surface area contributed by atoms with Crippen LogP contribution in [0.2, 0.25) is 5.02 Å². The van der Waals surface area contributed by atoms with Crippen molar-refractivity contribution < 1.29 is 14.1 Å². The van der Waals surface area contributed by atoms with Crippen LogP contribution in [0, 0.1) is 15.5 Å². The second kappa shape index (κ2) is 8.07. The molecule has 0 radical (unpaired) electrons. The molecule has 2 heterocycles. The van der Waals surface area contributed by atoms with Crippen LogP contribution in [0.15, 0.2) is 76.7 Å². The van der Waals surface area contributed by atoms with Crippen LogP contribution in [0.25, 0.3) is 27.7 Å². The van der Waals surface area contributed by atoms with Crippen molar-refractivity contribution in [3.05, 3.63) is 98.8 Å². The maximum absolute atomic E-state index is 13.6. The van der Waals surface area contributed by atoms with E-state index in [2.05, 4.69) is 43.4 Å². The second-order valence-corrected chi connectivity index (χ2v) is 10.7. The van der Waals surface area contributed by atoms with E-state index in [9.17, 15) is 14.9 Å². The Morgan fingerprint density at radius 1 is 1.06 bits per heavy atom. The molecular weight excluding hydrogens is 476 g/mol. The van der Waals surface area contributed by atoms with Crippen molar-refractivity contribution in [1.29, 1.82) is 0 Å². The second-order valence-electron chi connectivity index (χ2n) is 10.2. The lowest BCUT2D eigenvalue weighted by Gasteiger charge is -2.39. The molecule has 1 aliphatic heterocycles. The predicted octanol–water partition coefficient (Wildman–Crippen LogP) is 7.97. The van der Waals surface area contributed by atoms with Crippen molar-refractivity contribution in [2.75, 3.05) is 5.32 Å². The smallest absolute Gasteiger partial charge is 0.287 e. The van der Waals surface area contributed by atoms with Crippen LogP contribution >= 0.6 is 11.6 Å². The fourth-order valence-electron chi connectivity index (χ4n) is 5.52. The number of nitro benzene ring substituents is 1. The number of halogens is 1. The number of benzene rings is 3. The summed E-state index contributed by atoms with van der Waals surface area (Å²) < 4.78 is 6.24. The number of nitrogens with zero attached hydrogens (tertiary/aromatic N) is 1. The van der Waals surface area contributed by atoms with E-state index in [1.807, 2.05) is 24.3 Å². The summed E-state index contributed by atoms with van der Waals surface area (Å²) >= 11 is 6.12. The van der Waals surface area contributed by atoms with E-state index in [0.29, 0.717) is 23.5 Å². The van der Waals surface area contributed by atoms with E-state index in [0.717, 1.165) is 39.6 Å². The normalized spacial score (nSPS) is 18.5. The van der Waals surface area contributed by atoms with Gasteiger partial charge in [0.1, 0.15) is 22.6 Å². The van der Waals surface area contributed by atoms with Gasteiger partial charge in [-0.1, -0.05) is 55.8 Å². The van der Waals surface area contributed by atoms with E-state index in [1.165, 1.54) is 12.1 Å². The molecule has 1 N–H and O–H groups in total. The number of Topliss-reactive ketones (excluding diaryl/α,β-unsaturated/α-hetero) is 1. The third kappa shape index (κ3) is 3.60. The molecule has 1 aromatic heterocycles. The Balaban J connectivity index is 1.48. The topological polar surface area (TPSA) is 85.4 Å². The number of carbonyl (C=O) groups is 1. The van der Waals surface area contributed by atoms with E-state index in [-0.39, 0.29) is 21.9 Å². The zero-order valence-electron chi connectivity index (χ0n) is 19.8. The van der Waals surface area contributed by atoms with Gasteiger partial charge in [-0.15, -0.1) is 0 Å². The van der Waals surface area contributed by atoms with Crippen molar-refractivity contribution in [2.24, 2.45) is 5.41 Å². The van der Waals surface area contributed by atoms with Gasteiger partial charge in [-0.25, -0.2) is 0 Å². The maximum atomic E-state index is 13.6. The average Bonchev–Trinajstić information content (AvgIpc) is 3.32. The predicted molar refractivity (Wildman–Crippen MR) is 141 cm³/mol. The van der Waals surface area contributed by atoms with Gasteiger partial charge in [-0.2, -0.15) is 0 Å². The minimum absolute atomic E-state index is 0.0433. The quantitative estimate of drug-likeness (QED) is 0.228. The van der Waals surface area contributed by atoms with E-state index in [1.54, 1.807) is 6.07 Å². The Labute approximate surface area is 212 Å². The van der Waals surface area contributed by atoms with Crippen molar-refractivity contribution in [3.8, 4) is 11.3 Å². The molecule has 0 spiro atoms. The van der Waals surface area contributed by atoms with Crippen molar-refractivity contribution in [3.63, 3.8) is 0 Å². The SMILES string of the molecule is CC1(C)CC(=O)C2=C(C1)c1c(ccc3ccccc13)N[C@H]2c1ccc(-c2ccc([N+](=O)[O-])c(Cl)c2)o1. The third-order valence-corrected chi connectivity index (χ3v) is 7.38. The molecule has 6 rings (SSSR count). The standard InChI is InChI=1S/C29H23ClN2O4/c1-29(2)14-19-26-18-6-4-3-5-16(18)7-9-21(26)31-28(27(19)23(33)15-29)25-12-11-24(36-25)17-8-10-22(32(34)35)20(30)13-17/h3-13,28,31H,14-15H2,1-2H3/t28-/m0/s1. The van der Waals surface area contributed by atoms with Crippen LogP contribution in [0.1, 0.15) is 44.1 Å². The number of hydrogen-bond acceptors (Lipinski definition) is 5. The van der Waals surface area contributed by atoms with Crippen LogP contribution in [-0.2, 0) is 4.79 Å². The number of nitrogens with one attached hydrogen (secondary N) is 1. The van der Waals surface area contributed by atoms with Crippen LogP contribution < -0.4 is 5.32 Å². The lowest BCUT2D eigenvalue weighted by molar-refractivity contribution is -0.384. The van der Waals surface area contributed by atoms with Gasteiger partial charge in [0.25, 0.3) is 5.69 Å². The lowest BCUT2D eigenvalue weighted by atomic mass is 9.68. The Hall–Kier alpha value is -3.90. The monoisotopic (exact) mass is 498 g/mol. The molecule has 0 unspecified atom stereocenters. The first kappa shape index (κ1) is 22.6. The van der Waals surface area contributed by atoms with Crippen LogP contribution in [0.4, 0.5) is 11.4 Å². The number of allylic oxidation sites excluding steroid dienone is 1. The van der Waals surface area contributed by atoms with Gasteiger partial charge in [0.05, 0.1) is 4.92 Å². The molecule has 0 bridgehead atoms. The first-order valence-electron chi connectivity index (χ1n) is 11.8. The largest absolute Gasteiger partial charge is 0.459 e. The minimum atomic E-state index is -0.517. The Morgan fingerprint density at radius 2 is 1.86 bits per heavy atom. The summed E-state index contributed by atoms with van der Waals surface area (Å²) in [6, 6.07) is 20.1. The van der Waals surface area contributed by atoms with E-state index < -0.39 is 11.0 Å². The summed E-state index contributed by atoms with van der Waals surface area (Å²) in [4.78, 5) is 24.2. The van der Waals surface area contributed by atoms with Gasteiger partial charge in [0.15, 0.2) is 5.78 Å². The van der Waals surface area contributed by atoms with Gasteiger partial charge >= 0.3 is 0 Å². The number of carbonyl (C=O) groups excluding carboxylic acids is 1. The molecule has 3 aromatic carbocycles. The molecule has 2 aliphatic rings. The molecule has 0 amide bonds. The first-order chi connectivity index (χ1) is 17.2. The number of nitro groups is 1. The average molecular weight is 499 g/mol. The number of anilines is 1. The summed E-state index contributed by atoms with van der Waals surface area (Å²) in [6.07, 6.45) is 1.26. The zero-order valence-corrected chi connectivity index (χ0v) is 20.6. The first-order valence-corrected chi connectivity index (χ1v) is 12.2. The van der Waals surface area contributed by atoms with Crippen molar-refractivity contribution >= 4 is 45.1 Å². The summed E-state index contributed by atoms with van der Waals surface area (Å²) in [5.74, 6) is 1.26. The van der Waals surface area contributed by atoms with Gasteiger partial charge in [0, 0.05) is 34.9 Å². The fourth-order valence-corrected chi connectivity index (χ4v) is 5.77. The molecule has 1 aliphatic carbocycles. The van der Waals surface area contributed by atoms with Crippen molar-refractivity contribution in [1.82, 2.24) is 0 Å². The summed E-state index contributed by atoms with van der Waals surface area (Å²) in [7, 11) is 0. The Bertz CT molecular complexity index is 1610. The summed E-state index contributed by atoms with van der Waals surface area (Å²) in [5, 5.41) is 17.0. The van der Waals surface area contributed by atoms with E-state index >= 15 is 0 Å². The molecule has 6 nitrogen and oxygen atoms in total. The van der Waals surface area contributed by atoms with Gasteiger partial charge in [-0.05, 0) is 58.5 Å². The molecule has 36 heavy (non-hydrogen) atoms. The summed E-state index contributed by atoms with van der Waals surface area (Å²) in [6.45, 7) is 4.28. The number of ketones is 1. The molecule has 7 heteroatoms. The molecule has 0 saturated carbocycles. The van der Waals surface area contributed by atoms with Gasteiger partial charge in [-0.3, -0.25) is 14.9 Å². The van der Waals surface area contributed by atoms with Crippen molar-refractivity contribution in [2.45, 2.75) is 32.7 Å². The van der Waals surface area contributed by atoms with Gasteiger partial charge < -0.3 is 9.73 Å². The zero-order chi connectivity index (χ0) is 25.2. The Morgan fingerprint density at radius 3 is 2.64 bits per heavy atom. The van der Waals surface area contributed by atoms with Gasteiger partial charge in [0.2, 0.25) is 0 Å². The molecule has 0 saturated heterocycles. The molecule has 180 valence electrons. The third-order valence-electron chi connectivity index (χ3n) is 7.08. The highest BCUT2D eigenvalue weighted by molar-refractivity contribution is 6.32. The fraction of sp³-hybridized carbons (Fsp3) is 0.207. The lowest BCUT2D eigenvalue weighted by Crippen LogP contribution is -2.33.